The zero-order chi connectivity index (χ0) is 18.0. The summed E-state index contributed by atoms with van der Waals surface area (Å²) in [5.74, 6) is -0.546. The summed E-state index contributed by atoms with van der Waals surface area (Å²) < 4.78 is 0. The van der Waals surface area contributed by atoms with Crippen LogP contribution in [0.5, 0.6) is 0 Å². The molecular formula is C20H23N3O2. The summed E-state index contributed by atoms with van der Waals surface area (Å²) >= 11 is 0. The first-order valence-electron chi connectivity index (χ1n) is 8.50. The molecule has 3 rings (SSSR count). The zero-order valence-corrected chi connectivity index (χ0v) is 14.5. The number of fused-ring (bicyclic) bond motifs is 3. The van der Waals surface area contributed by atoms with Crippen LogP contribution in [0.1, 0.15) is 25.0 Å². The molecule has 0 spiro atoms. The third-order valence-electron chi connectivity index (χ3n) is 4.52. The first-order chi connectivity index (χ1) is 12.0. The second kappa shape index (κ2) is 7.07. The highest BCUT2D eigenvalue weighted by molar-refractivity contribution is 5.95. The fourth-order valence-electron chi connectivity index (χ4n) is 3.02. The lowest BCUT2D eigenvalue weighted by Crippen LogP contribution is -2.46. The van der Waals surface area contributed by atoms with Crippen molar-refractivity contribution >= 4 is 17.5 Å². The van der Waals surface area contributed by atoms with E-state index in [0.717, 1.165) is 12.1 Å². The average Bonchev–Trinajstić information content (AvgIpc) is 2.96. The van der Waals surface area contributed by atoms with Gasteiger partial charge in [-0.3, -0.25) is 9.59 Å². The monoisotopic (exact) mass is 337 g/mol. The van der Waals surface area contributed by atoms with E-state index in [1.54, 1.807) is 0 Å². The Morgan fingerprint density at radius 2 is 1.80 bits per heavy atom. The minimum absolute atomic E-state index is 0.0291. The van der Waals surface area contributed by atoms with E-state index in [4.69, 9.17) is 5.73 Å². The molecule has 0 saturated carbocycles. The number of amides is 2. The average molecular weight is 337 g/mol. The highest BCUT2D eigenvalue weighted by Crippen LogP contribution is 2.37. The van der Waals surface area contributed by atoms with Crippen molar-refractivity contribution in [1.82, 2.24) is 5.32 Å². The maximum Gasteiger partial charge on any atom is 0.243 e. The fourth-order valence-corrected chi connectivity index (χ4v) is 3.02. The number of anilines is 1. The van der Waals surface area contributed by atoms with Gasteiger partial charge in [0.15, 0.2) is 0 Å². The summed E-state index contributed by atoms with van der Waals surface area (Å²) in [6.07, 6.45) is 0.870. The van der Waals surface area contributed by atoms with Crippen molar-refractivity contribution in [3.05, 3.63) is 53.6 Å². The minimum Gasteiger partial charge on any atom is -0.346 e. The number of nitrogens with two attached hydrogens (primary N) is 1. The van der Waals surface area contributed by atoms with Crippen LogP contribution >= 0.6 is 0 Å². The van der Waals surface area contributed by atoms with E-state index in [9.17, 15) is 9.59 Å². The predicted octanol–water partition coefficient (Wildman–Crippen LogP) is 2.30. The first kappa shape index (κ1) is 17.2. The molecule has 0 unspecified atom stereocenters. The number of hydrogen-bond donors (Lipinski definition) is 3. The van der Waals surface area contributed by atoms with Crippen LogP contribution in [-0.4, -0.2) is 24.4 Å². The Balaban J connectivity index is 1.60. The number of hydrogen-bond acceptors (Lipinski definition) is 3. The Hall–Kier alpha value is -2.66. The Morgan fingerprint density at radius 1 is 1.08 bits per heavy atom. The summed E-state index contributed by atoms with van der Waals surface area (Å²) in [6, 6.07) is 13.6. The normalized spacial score (nSPS) is 13.1. The molecule has 4 N–H and O–H groups in total. The van der Waals surface area contributed by atoms with Gasteiger partial charge >= 0.3 is 0 Å². The molecule has 130 valence electrons. The van der Waals surface area contributed by atoms with Crippen LogP contribution in [0.4, 0.5) is 5.69 Å². The number of benzene rings is 2. The smallest absolute Gasteiger partial charge is 0.243 e. The van der Waals surface area contributed by atoms with Crippen molar-refractivity contribution in [2.45, 2.75) is 26.3 Å². The molecule has 0 radical (unpaired) electrons. The summed E-state index contributed by atoms with van der Waals surface area (Å²) in [5.41, 5.74) is 11.5. The second-order valence-corrected chi connectivity index (χ2v) is 6.74. The molecule has 1 aliphatic rings. The van der Waals surface area contributed by atoms with Crippen molar-refractivity contribution in [2.75, 3.05) is 11.9 Å². The molecule has 0 saturated heterocycles. The van der Waals surface area contributed by atoms with Crippen LogP contribution < -0.4 is 16.4 Å². The lowest BCUT2D eigenvalue weighted by Gasteiger charge is -2.15. The quantitative estimate of drug-likeness (QED) is 0.668. The predicted molar refractivity (Wildman–Crippen MR) is 99.1 cm³/mol. The third kappa shape index (κ3) is 3.72. The zero-order valence-electron chi connectivity index (χ0n) is 14.5. The van der Waals surface area contributed by atoms with Gasteiger partial charge in [-0.15, -0.1) is 0 Å². The first-order valence-corrected chi connectivity index (χ1v) is 8.50. The molecule has 1 aliphatic carbocycles. The van der Waals surface area contributed by atoms with Crippen molar-refractivity contribution in [1.29, 1.82) is 0 Å². The second-order valence-electron chi connectivity index (χ2n) is 6.74. The highest BCUT2D eigenvalue weighted by atomic mass is 16.2. The largest absolute Gasteiger partial charge is 0.346 e. The van der Waals surface area contributed by atoms with E-state index in [0.29, 0.717) is 0 Å². The van der Waals surface area contributed by atoms with Crippen LogP contribution in [0.25, 0.3) is 11.1 Å². The minimum atomic E-state index is -0.605. The standard InChI is InChI=1S/C20H23N3O2/c1-12(2)19(21)20(25)22-11-18(24)23-15-7-8-17-14(10-15)9-13-5-3-4-6-16(13)17/h3-8,10,12,19H,9,11,21H2,1-2H3,(H,22,25)(H,23,24)/t19-/m0/s1. The van der Waals surface area contributed by atoms with Crippen LogP contribution in [-0.2, 0) is 16.0 Å². The third-order valence-corrected chi connectivity index (χ3v) is 4.52. The lowest BCUT2D eigenvalue weighted by molar-refractivity contribution is -0.125. The molecule has 2 aromatic rings. The van der Waals surface area contributed by atoms with Gasteiger partial charge < -0.3 is 16.4 Å². The van der Waals surface area contributed by atoms with E-state index in [1.807, 2.05) is 44.2 Å². The molecule has 0 fully saturated rings. The van der Waals surface area contributed by atoms with Gasteiger partial charge in [0.2, 0.25) is 11.8 Å². The van der Waals surface area contributed by atoms with Gasteiger partial charge in [-0.25, -0.2) is 0 Å². The molecule has 0 heterocycles. The van der Waals surface area contributed by atoms with E-state index in [2.05, 4.69) is 22.8 Å². The van der Waals surface area contributed by atoms with Crippen LogP contribution in [0.2, 0.25) is 0 Å². The van der Waals surface area contributed by atoms with Crippen LogP contribution in [0, 0.1) is 5.92 Å². The van der Waals surface area contributed by atoms with Crippen molar-refractivity contribution in [3.8, 4) is 11.1 Å². The van der Waals surface area contributed by atoms with Crippen molar-refractivity contribution in [3.63, 3.8) is 0 Å². The SMILES string of the molecule is CC(C)[C@H](N)C(=O)NCC(=O)Nc1ccc2c(c1)Cc1ccccc1-2. The molecule has 5 nitrogen and oxygen atoms in total. The molecule has 1 atom stereocenters. The summed E-state index contributed by atoms with van der Waals surface area (Å²) in [4.78, 5) is 23.9. The molecule has 2 aromatic carbocycles. The topological polar surface area (TPSA) is 84.2 Å². The van der Waals surface area contributed by atoms with E-state index in [-0.39, 0.29) is 24.3 Å². The summed E-state index contributed by atoms with van der Waals surface area (Å²) in [6.45, 7) is 3.65. The molecule has 2 amide bonds. The molecule has 0 aromatic heterocycles. The maximum absolute atomic E-state index is 12.1. The molecule has 5 heteroatoms. The molecule has 0 bridgehead atoms. The molecule has 0 aliphatic heterocycles. The van der Waals surface area contributed by atoms with Crippen LogP contribution in [0.15, 0.2) is 42.5 Å². The van der Waals surface area contributed by atoms with Gasteiger partial charge in [0.05, 0.1) is 12.6 Å². The summed E-state index contributed by atoms with van der Waals surface area (Å²) in [7, 11) is 0. The Kier molecular flexibility index (Phi) is 4.86. The number of rotatable bonds is 5. The van der Waals surface area contributed by atoms with Crippen LogP contribution in [0.3, 0.4) is 0 Å². The van der Waals surface area contributed by atoms with Gasteiger partial charge in [-0.2, -0.15) is 0 Å². The van der Waals surface area contributed by atoms with Crippen molar-refractivity contribution in [2.24, 2.45) is 11.7 Å². The van der Waals surface area contributed by atoms with Gasteiger partial charge in [-0.05, 0) is 46.7 Å². The van der Waals surface area contributed by atoms with Crippen molar-refractivity contribution < 1.29 is 9.59 Å². The van der Waals surface area contributed by atoms with E-state index < -0.39 is 6.04 Å². The summed E-state index contributed by atoms with van der Waals surface area (Å²) in [5, 5.41) is 5.40. The van der Waals surface area contributed by atoms with Gasteiger partial charge in [0.25, 0.3) is 0 Å². The van der Waals surface area contributed by atoms with E-state index in [1.165, 1.54) is 22.3 Å². The van der Waals surface area contributed by atoms with E-state index >= 15 is 0 Å². The maximum atomic E-state index is 12.1. The molecule has 25 heavy (non-hydrogen) atoms. The highest BCUT2D eigenvalue weighted by Gasteiger charge is 2.19. The van der Waals surface area contributed by atoms with Gasteiger partial charge in [0.1, 0.15) is 0 Å². The van der Waals surface area contributed by atoms with Gasteiger partial charge in [0, 0.05) is 5.69 Å². The number of nitrogens with one attached hydrogen (secondary N) is 2. The van der Waals surface area contributed by atoms with Gasteiger partial charge in [-0.1, -0.05) is 44.2 Å². The Bertz CT molecular complexity index is 814. The number of carbonyl (C=O) groups excluding carboxylic acids is 2. The Morgan fingerprint density at radius 3 is 2.56 bits per heavy atom. The lowest BCUT2D eigenvalue weighted by atomic mass is 10.1. The number of carbonyl (C=O) groups is 2. The molecular weight excluding hydrogens is 314 g/mol. The Labute approximate surface area is 147 Å². The fraction of sp³-hybridized carbons (Fsp3) is 0.300.